The number of hydrogen-bond donors (Lipinski definition) is 0. The highest BCUT2D eigenvalue weighted by Crippen LogP contribution is 2.34. The minimum Gasteiger partial charge on any atom is -0.203 e. The lowest BCUT2D eigenvalue weighted by Crippen LogP contribution is -2.23. The molecule has 1 aromatic carbocycles. The van der Waals surface area contributed by atoms with E-state index < -0.39 is 17.9 Å². The highest BCUT2D eigenvalue weighted by Gasteiger charge is 2.42. The monoisotopic (exact) mass is 220 g/mol. The van der Waals surface area contributed by atoms with Crippen molar-refractivity contribution in [3.8, 4) is 0 Å². The van der Waals surface area contributed by atoms with Gasteiger partial charge >= 0.3 is 12.3 Å². The average Bonchev–Trinajstić information content (AvgIpc) is 2.17. The molecule has 0 aliphatic heterocycles. The third-order valence-corrected chi connectivity index (χ3v) is 2.24. The molecule has 0 spiro atoms. The molecule has 0 nitrogen and oxygen atoms in total. The van der Waals surface area contributed by atoms with Crippen LogP contribution in [0.2, 0.25) is 0 Å². The van der Waals surface area contributed by atoms with Crippen molar-refractivity contribution in [2.45, 2.75) is 32.1 Å². The molecule has 0 amide bonds. The number of halogens is 4. The molecule has 0 saturated heterocycles. The molecule has 0 N–H and O–H groups in total. The van der Waals surface area contributed by atoms with E-state index in [-0.39, 0.29) is 5.92 Å². The van der Waals surface area contributed by atoms with Crippen LogP contribution in [0.25, 0.3) is 0 Å². The van der Waals surface area contributed by atoms with E-state index in [0.717, 1.165) is 17.7 Å². The molecule has 0 fully saturated rings. The molecule has 84 valence electrons. The second-order valence-corrected chi connectivity index (χ2v) is 3.70. The summed E-state index contributed by atoms with van der Waals surface area (Å²) in [4.78, 5) is 0. The van der Waals surface area contributed by atoms with Gasteiger partial charge in [0.1, 0.15) is 0 Å². The molecule has 4 heteroatoms. The van der Waals surface area contributed by atoms with Crippen LogP contribution in [-0.4, -0.2) is 6.43 Å². The number of rotatable bonds is 3. The van der Waals surface area contributed by atoms with Gasteiger partial charge in [-0.25, -0.2) is 8.78 Å². The zero-order valence-corrected chi connectivity index (χ0v) is 8.48. The first-order valence-corrected chi connectivity index (χ1v) is 4.62. The summed E-state index contributed by atoms with van der Waals surface area (Å²) in [6.45, 7) is 3.81. The Morgan fingerprint density at radius 1 is 1.00 bits per heavy atom. The molecule has 1 aromatic rings. The predicted molar refractivity (Wildman–Crippen MR) is 50.4 cm³/mol. The summed E-state index contributed by atoms with van der Waals surface area (Å²) in [6, 6.07) is 5.02. The number of hydrogen-bond acceptors (Lipinski definition) is 0. The Balaban J connectivity index is 2.98. The maximum Gasteiger partial charge on any atom is 0.332 e. The van der Waals surface area contributed by atoms with Crippen LogP contribution in [0.5, 0.6) is 0 Å². The first-order valence-electron chi connectivity index (χ1n) is 4.62. The van der Waals surface area contributed by atoms with E-state index in [0.29, 0.717) is 0 Å². The van der Waals surface area contributed by atoms with Gasteiger partial charge in [0.15, 0.2) is 0 Å². The lowest BCUT2D eigenvalue weighted by Gasteiger charge is -2.16. The normalized spacial score (nSPS) is 12.5. The van der Waals surface area contributed by atoms with Crippen molar-refractivity contribution < 1.29 is 17.6 Å². The minimum atomic E-state index is -4.06. The molecule has 0 bridgehead atoms. The first-order chi connectivity index (χ1) is 6.85. The maximum atomic E-state index is 12.9. The van der Waals surface area contributed by atoms with E-state index in [1.807, 2.05) is 13.8 Å². The quantitative estimate of drug-likeness (QED) is 0.671. The van der Waals surface area contributed by atoms with Gasteiger partial charge in [0.05, 0.1) is 0 Å². The SMILES string of the molecule is CC(C)c1ccc(C(F)(F)C(F)F)cc1. The summed E-state index contributed by atoms with van der Waals surface area (Å²) in [5, 5.41) is 0. The summed E-state index contributed by atoms with van der Waals surface area (Å²) < 4.78 is 49.7. The Labute approximate surface area is 85.9 Å². The van der Waals surface area contributed by atoms with Gasteiger partial charge in [-0.15, -0.1) is 0 Å². The third-order valence-electron chi connectivity index (χ3n) is 2.24. The van der Waals surface area contributed by atoms with Crippen LogP contribution in [0.3, 0.4) is 0 Å². The van der Waals surface area contributed by atoms with Gasteiger partial charge in [-0.2, -0.15) is 8.78 Å². The Kier molecular flexibility index (Phi) is 3.37. The topological polar surface area (TPSA) is 0 Å². The largest absolute Gasteiger partial charge is 0.332 e. The molecule has 0 aliphatic carbocycles. The van der Waals surface area contributed by atoms with Crippen LogP contribution in [0.1, 0.15) is 30.9 Å². The van der Waals surface area contributed by atoms with E-state index in [9.17, 15) is 17.6 Å². The molecule has 1 rings (SSSR count). The molecule has 0 heterocycles. The molecule has 0 unspecified atom stereocenters. The van der Waals surface area contributed by atoms with Crippen molar-refractivity contribution >= 4 is 0 Å². The summed E-state index contributed by atoms with van der Waals surface area (Å²) in [5.41, 5.74) is 0.214. The van der Waals surface area contributed by atoms with Gasteiger partial charge in [-0.3, -0.25) is 0 Å². The van der Waals surface area contributed by atoms with Gasteiger partial charge in [-0.05, 0) is 11.5 Å². The van der Waals surface area contributed by atoms with E-state index in [1.54, 1.807) is 0 Å². The summed E-state index contributed by atoms with van der Waals surface area (Å²) >= 11 is 0. The lowest BCUT2D eigenvalue weighted by molar-refractivity contribution is -0.135. The van der Waals surface area contributed by atoms with Crippen molar-refractivity contribution in [3.05, 3.63) is 35.4 Å². The maximum absolute atomic E-state index is 12.9. The van der Waals surface area contributed by atoms with Gasteiger partial charge < -0.3 is 0 Å². The number of alkyl halides is 4. The summed E-state index contributed by atoms with van der Waals surface area (Å²) in [6.07, 6.45) is -3.66. The van der Waals surface area contributed by atoms with Crippen LogP contribution >= 0.6 is 0 Å². The minimum absolute atomic E-state index is 0.194. The van der Waals surface area contributed by atoms with Crippen LogP contribution in [0.4, 0.5) is 17.6 Å². The first kappa shape index (κ1) is 12.0. The van der Waals surface area contributed by atoms with Gasteiger partial charge in [0.25, 0.3) is 0 Å². The van der Waals surface area contributed by atoms with E-state index in [2.05, 4.69) is 0 Å². The standard InChI is InChI=1S/C11H12F4/c1-7(2)8-3-5-9(6-4-8)11(14,15)10(12)13/h3-7,10H,1-2H3. The highest BCUT2D eigenvalue weighted by atomic mass is 19.3. The van der Waals surface area contributed by atoms with E-state index in [1.165, 1.54) is 12.1 Å². The smallest absolute Gasteiger partial charge is 0.203 e. The average molecular weight is 220 g/mol. The molecular formula is C11H12F4. The van der Waals surface area contributed by atoms with Crippen molar-refractivity contribution in [3.63, 3.8) is 0 Å². The Morgan fingerprint density at radius 3 is 1.80 bits per heavy atom. The van der Waals surface area contributed by atoms with Gasteiger partial charge in [0, 0.05) is 5.56 Å². The zero-order valence-electron chi connectivity index (χ0n) is 8.48. The summed E-state index contributed by atoms with van der Waals surface area (Å²) in [5.74, 6) is -3.87. The summed E-state index contributed by atoms with van der Waals surface area (Å²) in [7, 11) is 0. The van der Waals surface area contributed by atoms with Crippen molar-refractivity contribution in [1.82, 2.24) is 0 Å². The molecule has 0 aromatic heterocycles. The molecule has 15 heavy (non-hydrogen) atoms. The predicted octanol–water partition coefficient (Wildman–Crippen LogP) is 4.17. The Morgan fingerprint density at radius 2 is 1.47 bits per heavy atom. The van der Waals surface area contributed by atoms with Crippen LogP contribution in [0.15, 0.2) is 24.3 Å². The fraction of sp³-hybridized carbons (Fsp3) is 0.455. The van der Waals surface area contributed by atoms with Crippen LogP contribution in [-0.2, 0) is 5.92 Å². The van der Waals surface area contributed by atoms with Crippen LogP contribution < -0.4 is 0 Å². The highest BCUT2D eigenvalue weighted by molar-refractivity contribution is 5.27. The van der Waals surface area contributed by atoms with Crippen molar-refractivity contribution in [2.75, 3.05) is 0 Å². The van der Waals surface area contributed by atoms with Crippen molar-refractivity contribution in [1.29, 1.82) is 0 Å². The fourth-order valence-corrected chi connectivity index (χ4v) is 1.22. The van der Waals surface area contributed by atoms with Crippen LogP contribution in [0, 0.1) is 0 Å². The molecule has 0 radical (unpaired) electrons. The fourth-order valence-electron chi connectivity index (χ4n) is 1.22. The van der Waals surface area contributed by atoms with Gasteiger partial charge in [0.2, 0.25) is 0 Å². The number of benzene rings is 1. The molecule has 0 atom stereocenters. The van der Waals surface area contributed by atoms with Crippen molar-refractivity contribution in [2.24, 2.45) is 0 Å². The second-order valence-electron chi connectivity index (χ2n) is 3.70. The Hall–Kier alpha value is -1.06. The van der Waals surface area contributed by atoms with E-state index >= 15 is 0 Å². The third kappa shape index (κ3) is 2.49. The van der Waals surface area contributed by atoms with Gasteiger partial charge in [-0.1, -0.05) is 38.1 Å². The van der Waals surface area contributed by atoms with E-state index in [4.69, 9.17) is 0 Å². The zero-order chi connectivity index (χ0) is 11.6. The molecular weight excluding hydrogens is 208 g/mol. The molecule has 0 aliphatic rings. The lowest BCUT2D eigenvalue weighted by atomic mass is 10.00. The Bertz CT molecular complexity index is 314. The second kappa shape index (κ2) is 4.21. The molecule has 0 saturated carbocycles.